The van der Waals surface area contributed by atoms with Gasteiger partial charge in [0.1, 0.15) is 12.3 Å². The molecule has 3 fully saturated rings. The van der Waals surface area contributed by atoms with Crippen molar-refractivity contribution < 1.29 is 14.3 Å². The molecule has 2 amide bonds. The summed E-state index contributed by atoms with van der Waals surface area (Å²) in [5.74, 6) is 0.562. The number of carbonyl (C=O) groups excluding carboxylic acids is 2. The fourth-order valence-corrected chi connectivity index (χ4v) is 5.68. The third-order valence-corrected chi connectivity index (χ3v) is 7.79. The molecular formula is C26H40N4O3. The SMILES string of the molecule is COc1ccccc1C(=O)N(CC(=O)N1CCN(C2CCN(C)CC2)CC1)C1CCCCC1. The molecule has 2 heterocycles. The summed E-state index contributed by atoms with van der Waals surface area (Å²) in [4.78, 5) is 35.7. The number of hydrogen-bond donors (Lipinski definition) is 0. The van der Waals surface area contributed by atoms with Crippen LogP contribution in [-0.4, -0.2) is 103 Å². The molecule has 182 valence electrons. The molecule has 3 aliphatic rings. The van der Waals surface area contributed by atoms with Gasteiger partial charge in [-0.3, -0.25) is 14.5 Å². The van der Waals surface area contributed by atoms with Crippen LogP contribution in [0.1, 0.15) is 55.3 Å². The molecule has 2 aliphatic heterocycles. The van der Waals surface area contributed by atoms with E-state index in [1.54, 1.807) is 7.11 Å². The van der Waals surface area contributed by atoms with Gasteiger partial charge in [0.25, 0.3) is 5.91 Å². The van der Waals surface area contributed by atoms with E-state index in [2.05, 4.69) is 16.8 Å². The van der Waals surface area contributed by atoms with Crippen molar-refractivity contribution in [1.82, 2.24) is 19.6 Å². The van der Waals surface area contributed by atoms with Gasteiger partial charge in [-0.15, -0.1) is 0 Å². The molecule has 1 aliphatic carbocycles. The lowest BCUT2D eigenvalue weighted by molar-refractivity contribution is -0.134. The zero-order valence-electron chi connectivity index (χ0n) is 20.4. The first-order valence-corrected chi connectivity index (χ1v) is 12.7. The lowest BCUT2D eigenvalue weighted by Gasteiger charge is -2.43. The van der Waals surface area contributed by atoms with Crippen LogP contribution in [0, 0.1) is 0 Å². The highest BCUT2D eigenvalue weighted by Gasteiger charge is 2.33. The van der Waals surface area contributed by atoms with Crippen LogP contribution in [0.5, 0.6) is 5.75 Å². The molecule has 0 aromatic heterocycles. The summed E-state index contributed by atoms with van der Waals surface area (Å²) in [5, 5.41) is 0. The van der Waals surface area contributed by atoms with Gasteiger partial charge in [-0.05, 0) is 58.0 Å². The average molecular weight is 457 g/mol. The van der Waals surface area contributed by atoms with Crippen molar-refractivity contribution in [3.05, 3.63) is 29.8 Å². The predicted molar refractivity (Wildman–Crippen MR) is 130 cm³/mol. The number of rotatable bonds is 6. The average Bonchev–Trinajstić information content (AvgIpc) is 2.88. The highest BCUT2D eigenvalue weighted by atomic mass is 16.5. The minimum absolute atomic E-state index is 0.0758. The second kappa shape index (κ2) is 11.3. The number of benzene rings is 1. The Morgan fingerprint density at radius 1 is 0.939 bits per heavy atom. The highest BCUT2D eigenvalue weighted by Crippen LogP contribution is 2.27. The van der Waals surface area contributed by atoms with Gasteiger partial charge in [-0.25, -0.2) is 0 Å². The van der Waals surface area contributed by atoms with E-state index in [0.29, 0.717) is 17.4 Å². The monoisotopic (exact) mass is 456 g/mol. The van der Waals surface area contributed by atoms with Crippen molar-refractivity contribution in [2.45, 2.75) is 57.0 Å². The minimum Gasteiger partial charge on any atom is -0.496 e. The molecule has 0 radical (unpaired) electrons. The Morgan fingerprint density at radius 3 is 2.27 bits per heavy atom. The molecule has 1 aromatic rings. The van der Waals surface area contributed by atoms with E-state index in [1.165, 1.54) is 19.3 Å². The third-order valence-electron chi connectivity index (χ3n) is 7.79. The summed E-state index contributed by atoms with van der Waals surface area (Å²) in [6.45, 7) is 5.86. The maximum atomic E-state index is 13.6. The Labute approximate surface area is 198 Å². The summed E-state index contributed by atoms with van der Waals surface area (Å²) in [7, 11) is 3.78. The fraction of sp³-hybridized carbons (Fsp3) is 0.692. The standard InChI is InChI=1S/C26H40N4O3/c1-27-14-12-21(13-15-27)28-16-18-29(19-17-28)25(31)20-30(22-8-4-3-5-9-22)26(32)23-10-6-7-11-24(23)33-2/h6-7,10-11,21-22H,3-5,8-9,12-20H2,1-2H3. The molecule has 0 atom stereocenters. The van der Waals surface area contributed by atoms with Gasteiger partial charge < -0.3 is 19.4 Å². The van der Waals surface area contributed by atoms with Crippen LogP contribution >= 0.6 is 0 Å². The molecular weight excluding hydrogens is 416 g/mol. The van der Waals surface area contributed by atoms with Gasteiger partial charge >= 0.3 is 0 Å². The fourth-order valence-electron chi connectivity index (χ4n) is 5.68. The molecule has 7 heteroatoms. The Hall–Kier alpha value is -2.12. The first kappa shape index (κ1) is 24.0. The second-order valence-corrected chi connectivity index (χ2v) is 9.88. The molecule has 7 nitrogen and oxygen atoms in total. The molecule has 1 aromatic carbocycles. The normalized spacial score (nSPS) is 21.7. The van der Waals surface area contributed by atoms with Crippen molar-refractivity contribution in [2.24, 2.45) is 0 Å². The van der Waals surface area contributed by atoms with Crippen LogP contribution in [0.15, 0.2) is 24.3 Å². The van der Waals surface area contributed by atoms with E-state index in [1.807, 2.05) is 34.1 Å². The summed E-state index contributed by atoms with van der Waals surface area (Å²) >= 11 is 0. The summed E-state index contributed by atoms with van der Waals surface area (Å²) in [6, 6.07) is 8.12. The number of amides is 2. The second-order valence-electron chi connectivity index (χ2n) is 9.88. The lowest BCUT2D eigenvalue weighted by Crippen LogP contribution is -2.56. The maximum Gasteiger partial charge on any atom is 0.258 e. The topological polar surface area (TPSA) is 56.3 Å². The van der Waals surface area contributed by atoms with Gasteiger partial charge in [0, 0.05) is 38.3 Å². The van der Waals surface area contributed by atoms with Gasteiger partial charge in [-0.1, -0.05) is 31.4 Å². The zero-order valence-corrected chi connectivity index (χ0v) is 20.4. The van der Waals surface area contributed by atoms with Gasteiger partial charge in [0.05, 0.1) is 12.7 Å². The molecule has 0 bridgehead atoms. The summed E-state index contributed by atoms with van der Waals surface area (Å²) in [6.07, 6.45) is 7.81. The van der Waals surface area contributed by atoms with Gasteiger partial charge in [0.15, 0.2) is 0 Å². The first-order valence-electron chi connectivity index (χ1n) is 12.7. The van der Waals surface area contributed by atoms with Gasteiger partial charge in [0.2, 0.25) is 5.91 Å². The number of likely N-dealkylation sites (tertiary alicyclic amines) is 1. The van der Waals surface area contributed by atoms with E-state index in [0.717, 1.165) is 65.0 Å². The first-order chi connectivity index (χ1) is 16.1. The number of para-hydroxylation sites is 1. The number of piperazine rings is 1. The Balaban J connectivity index is 1.40. The van der Waals surface area contributed by atoms with Crippen LogP contribution in [0.25, 0.3) is 0 Å². The van der Waals surface area contributed by atoms with E-state index in [-0.39, 0.29) is 24.4 Å². The van der Waals surface area contributed by atoms with E-state index in [4.69, 9.17) is 4.74 Å². The number of nitrogens with zero attached hydrogens (tertiary/aromatic N) is 4. The molecule has 0 N–H and O–H groups in total. The summed E-state index contributed by atoms with van der Waals surface area (Å²) in [5.41, 5.74) is 0.547. The summed E-state index contributed by atoms with van der Waals surface area (Å²) < 4.78 is 5.45. The van der Waals surface area contributed by atoms with Crippen LogP contribution in [0.2, 0.25) is 0 Å². The van der Waals surface area contributed by atoms with Crippen molar-refractivity contribution >= 4 is 11.8 Å². The lowest BCUT2D eigenvalue weighted by atomic mass is 9.93. The van der Waals surface area contributed by atoms with Gasteiger partial charge in [-0.2, -0.15) is 0 Å². The maximum absolute atomic E-state index is 13.6. The molecule has 33 heavy (non-hydrogen) atoms. The number of carbonyl (C=O) groups is 2. The Bertz CT molecular complexity index is 794. The number of piperidine rings is 1. The van der Waals surface area contributed by atoms with Crippen molar-refractivity contribution in [3.63, 3.8) is 0 Å². The smallest absolute Gasteiger partial charge is 0.258 e. The Kier molecular flexibility index (Phi) is 8.25. The molecule has 2 saturated heterocycles. The van der Waals surface area contributed by atoms with Crippen molar-refractivity contribution in [3.8, 4) is 5.75 Å². The van der Waals surface area contributed by atoms with Crippen LogP contribution in [0.4, 0.5) is 0 Å². The number of hydrogen-bond acceptors (Lipinski definition) is 5. The molecule has 1 saturated carbocycles. The van der Waals surface area contributed by atoms with E-state index >= 15 is 0 Å². The van der Waals surface area contributed by atoms with Crippen LogP contribution < -0.4 is 4.74 Å². The Morgan fingerprint density at radius 2 is 1.61 bits per heavy atom. The number of methoxy groups -OCH3 is 1. The van der Waals surface area contributed by atoms with Crippen LogP contribution in [0.3, 0.4) is 0 Å². The zero-order chi connectivity index (χ0) is 23.2. The number of ether oxygens (including phenoxy) is 1. The van der Waals surface area contributed by atoms with Crippen LogP contribution in [-0.2, 0) is 4.79 Å². The quantitative estimate of drug-likeness (QED) is 0.659. The van der Waals surface area contributed by atoms with Crippen molar-refractivity contribution in [1.29, 1.82) is 0 Å². The predicted octanol–water partition coefficient (Wildman–Crippen LogP) is 2.71. The molecule has 4 rings (SSSR count). The highest BCUT2D eigenvalue weighted by molar-refractivity contribution is 5.99. The van der Waals surface area contributed by atoms with E-state index < -0.39 is 0 Å². The minimum atomic E-state index is -0.0855. The third kappa shape index (κ3) is 5.87. The van der Waals surface area contributed by atoms with Crippen molar-refractivity contribution in [2.75, 3.05) is 60.0 Å². The van der Waals surface area contributed by atoms with E-state index in [9.17, 15) is 9.59 Å². The molecule has 0 unspecified atom stereocenters. The largest absolute Gasteiger partial charge is 0.496 e. The molecule has 0 spiro atoms.